The molecule has 0 aromatic carbocycles. The largest absolute Gasteiger partial charge is 0.330 e. The van der Waals surface area contributed by atoms with Crippen molar-refractivity contribution in [1.82, 2.24) is 0 Å². The maximum atomic E-state index is 5.27. The van der Waals surface area contributed by atoms with Gasteiger partial charge in [-0.05, 0) is 25.5 Å². The Morgan fingerprint density at radius 3 is 3.00 bits per heavy atom. The summed E-state index contributed by atoms with van der Waals surface area (Å²) in [6.45, 7) is 0.733. The van der Waals surface area contributed by atoms with E-state index in [4.69, 9.17) is 12.2 Å². The molecule has 10 heavy (non-hydrogen) atoms. The average Bonchev–Trinajstić information content (AvgIpc) is 1.97. The van der Waals surface area contributed by atoms with Crippen LogP contribution in [0, 0.1) is 12.5 Å². The molecule has 54 valence electrons. The molecule has 2 N–H and O–H groups in total. The lowest BCUT2D eigenvalue weighted by Gasteiger charge is -1.84. The van der Waals surface area contributed by atoms with Crippen molar-refractivity contribution in [3.63, 3.8) is 0 Å². The SMILES string of the molecule is C#CN=CC=CCCCN. The van der Waals surface area contributed by atoms with Crippen LogP contribution in [0.25, 0.3) is 0 Å². The Bertz CT molecular complexity index is 151. The molecular formula is C8H12N2. The van der Waals surface area contributed by atoms with E-state index < -0.39 is 0 Å². The van der Waals surface area contributed by atoms with E-state index in [1.54, 1.807) is 6.21 Å². The second-order valence-electron chi connectivity index (χ2n) is 1.77. The highest BCUT2D eigenvalue weighted by atomic mass is 14.6. The summed E-state index contributed by atoms with van der Waals surface area (Å²) in [5.74, 6) is 0. The fraction of sp³-hybridized carbons (Fsp3) is 0.375. The Hall–Kier alpha value is -1.07. The fourth-order valence-corrected chi connectivity index (χ4v) is 0.479. The van der Waals surface area contributed by atoms with Crippen LogP contribution in [0.2, 0.25) is 0 Å². The second kappa shape index (κ2) is 7.93. The number of hydrogen-bond donors (Lipinski definition) is 1. The lowest BCUT2D eigenvalue weighted by molar-refractivity contribution is 0.855. The summed E-state index contributed by atoms with van der Waals surface area (Å²) < 4.78 is 0. The predicted molar refractivity (Wildman–Crippen MR) is 44.8 cm³/mol. The van der Waals surface area contributed by atoms with Gasteiger partial charge in [0.15, 0.2) is 0 Å². The molecule has 2 heteroatoms. The summed E-state index contributed by atoms with van der Waals surface area (Å²) in [4.78, 5) is 3.55. The van der Waals surface area contributed by atoms with Crippen LogP contribution < -0.4 is 5.73 Å². The van der Waals surface area contributed by atoms with Crippen LogP contribution in [0.4, 0.5) is 0 Å². The lowest BCUT2D eigenvalue weighted by atomic mass is 10.3. The Labute approximate surface area is 61.8 Å². The number of aliphatic imine (C=N–C) groups is 1. The van der Waals surface area contributed by atoms with Gasteiger partial charge in [-0.3, -0.25) is 0 Å². The van der Waals surface area contributed by atoms with Crippen LogP contribution in [0.5, 0.6) is 0 Å². The molecule has 0 bridgehead atoms. The summed E-state index contributed by atoms with van der Waals surface area (Å²) in [5, 5.41) is 0. The van der Waals surface area contributed by atoms with Gasteiger partial charge >= 0.3 is 0 Å². The van der Waals surface area contributed by atoms with E-state index in [2.05, 4.69) is 11.0 Å². The Kier molecular flexibility index (Phi) is 7.08. The van der Waals surface area contributed by atoms with Gasteiger partial charge in [0.1, 0.15) is 0 Å². The van der Waals surface area contributed by atoms with Gasteiger partial charge in [0, 0.05) is 12.3 Å². The van der Waals surface area contributed by atoms with Crippen LogP contribution >= 0.6 is 0 Å². The van der Waals surface area contributed by atoms with Crippen molar-refractivity contribution in [1.29, 1.82) is 0 Å². The normalized spacial score (nSPS) is 10.8. The molecular weight excluding hydrogens is 124 g/mol. The van der Waals surface area contributed by atoms with Crippen LogP contribution in [-0.4, -0.2) is 12.8 Å². The molecule has 0 saturated carbocycles. The molecule has 0 radical (unpaired) electrons. The lowest BCUT2D eigenvalue weighted by Crippen LogP contribution is -1.96. The van der Waals surface area contributed by atoms with Crippen molar-refractivity contribution in [3.8, 4) is 12.5 Å². The van der Waals surface area contributed by atoms with Gasteiger partial charge in [-0.1, -0.05) is 12.5 Å². The molecule has 0 rings (SSSR count). The van der Waals surface area contributed by atoms with Crippen LogP contribution in [0.1, 0.15) is 12.8 Å². The Morgan fingerprint density at radius 1 is 1.60 bits per heavy atom. The molecule has 0 aromatic rings. The molecule has 0 aliphatic rings. The number of terminal acetylenes is 1. The van der Waals surface area contributed by atoms with Crippen molar-refractivity contribution in [2.45, 2.75) is 12.8 Å². The van der Waals surface area contributed by atoms with Gasteiger partial charge in [0.2, 0.25) is 0 Å². The summed E-state index contributed by atoms with van der Waals surface area (Å²) in [6.07, 6.45) is 12.3. The van der Waals surface area contributed by atoms with Crippen molar-refractivity contribution < 1.29 is 0 Å². The van der Waals surface area contributed by atoms with E-state index in [0.717, 1.165) is 19.4 Å². The maximum absolute atomic E-state index is 5.27. The highest BCUT2D eigenvalue weighted by molar-refractivity contribution is 5.71. The summed E-state index contributed by atoms with van der Waals surface area (Å²) in [5.41, 5.74) is 5.27. The van der Waals surface area contributed by atoms with E-state index in [-0.39, 0.29) is 0 Å². The molecule has 0 aromatic heterocycles. The number of nitrogens with zero attached hydrogens (tertiary/aromatic N) is 1. The van der Waals surface area contributed by atoms with Crippen LogP contribution in [0.15, 0.2) is 17.1 Å². The summed E-state index contributed by atoms with van der Waals surface area (Å²) in [6, 6.07) is 2.15. The van der Waals surface area contributed by atoms with Gasteiger partial charge < -0.3 is 5.73 Å². The molecule has 0 fully saturated rings. The van der Waals surface area contributed by atoms with E-state index in [9.17, 15) is 0 Å². The fourth-order valence-electron chi connectivity index (χ4n) is 0.479. The molecule has 0 saturated heterocycles. The number of nitrogens with two attached hydrogens (primary N) is 1. The molecule has 0 aliphatic heterocycles. The Morgan fingerprint density at radius 2 is 2.40 bits per heavy atom. The third kappa shape index (κ3) is 6.93. The second-order valence-corrected chi connectivity index (χ2v) is 1.77. The Balaban J connectivity index is 3.22. The molecule has 0 spiro atoms. The van der Waals surface area contributed by atoms with Gasteiger partial charge in [-0.15, -0.1) is 0 Å². The molecule has 0 unspecified atom stereocenters. The number of hydrogen-bond acceptors (Lipinski definition) is 2. The minimum Gasteiger partial charge on any atom is -0.330 e. The number of allylic oxidation sites excluding steroid dienone is 2. The third-order valence-corrected chi connectivity index (χ3v) is 0.946. The first-order valence-electron chi connectivity index (χ1n) is 3.25. The number of unbranched alkanes of at least 4 members (excludes halogenated alkanes) is 1. The van der Waals surface area contributed by atoms with Crippen LogP contribution in [0.3, 0.4) is 0 Å². The van der Waals surface area contributed by atoms with E-state index in [0.29, 0.717) is 0 Å². The molecule has 0 heterocycles. The van der Waals surface area contributed by atoms with E-state index in [1.807, 2.05) is 12.2 Å². The van der Waals surface area contributed by atoms with Gasteiger partial charge in [-0.25, -0.2) is 4.99 Å². The van der Waals surface area contributed by atoms with Gasteiger partial charge in [0.05, 0.1) is 0 Å². The first-order chi connectivity index (χ1) is 4.91. The van der Waals surface area contributed by atoms with Gasteiger partial charge in [0.25, 0.3) is 0 Å². The average molecular weight is 136 g/mol. The van der Waals surface area contributed by atoms with E-state index >= 15 is 0 Å². The zero-order valence-corrected chi connectivity index (χ0v) is 5.96. The highest BCUT2D eigenvalue weighted by Gasteiger charge is 1.74. The van der Waals surface area contributed by atoms with Gasteiger partial charge in [-0.2, -0.15) is 0 Å². The van der Waals surface area contributed by atoms with Crippen molar-refractivity contribution >= 4 is 6.21 Å². The number of rotatable bonds is 4. The standard InChI is InChI=1S/C8H12N2/c1-2-10-8-6-4-3-5-7-9/h1,4,6,8H,3,5,7,9H2. The summed E-state index contributed by atoms with van der Waals surface area (Å²) >= 11 is 0. The molecule has 0 atom stereocenters. The quantitative estimate of drug-likeness (QED) is 0.348. The summed E-state index contributed by atoms with van der Waals surface area (Å²) in [7, 11) is 0. The zero-order valence-electron chi connectivity index (χ0n) is 5.96. The first kappa shape index (κ1) is 8.93. The minimum absolute atomic E-state index is 0.733. The topological polar surface area (TPSA) is 38.4 Å². The van der Waals surface area contributed by atoms with Crippen molar-refractivity contribution in [3.05, 3.63) is 12.2 Å². The predicted octanol–water partition coefficient (Wildman–Crippen LogP) is 0.943. The smallest absolute Gasteiger partial charge is 0.0372 e. The van der Waals surface area contributed by atoms with E-state index in [1.165, 1.54) is 0 Å². The molecule has 0 aliphatic carbocycles. The zero-order chi connectivity index (χ0) is 7.66. The molecule has 0 amide bonds. The van der Waals surface area contributed by atoms with Crippen molar-refractivity contribution in [2.24, 2.45) is 10.7 Å². The monoisotopic (exact) mass is 136 g/mol. The van der Waals surface area contributed by atoms with Crippen LogP contribution in [-0.2, 0) is 0 Å². The minimum atomic E-state index is 0.733. The third-order valence-electron chi connectivity index (χ3n) is 0.946. The highest BCUT2D eigenvalue weighted by Crippen LogP contribution is 1.85. The first-order valence-corrected chi connectivity index (χ1v) is 3.25. The van der Waals surface area contributed by atoms with Crippen molar-refractivity contribution in [2.75, 3.05) is 6.54 Å². The molecule has 2 nitrogen and oxygen atoms in total. The maximum Gasteiger partial charge on any atom is 0.0372 e.